The van der Waals surface area contributed by atoms with Crippen LogP contribution >= 0.6 is 0 Å². The van der Waals surface area contributed by atoms with Crippen LogP contribution in [-0.2, 0) is 0 Å². The van der Waals surface area contributed by atoms with Gasteiger partial charge in [0.05, 0.1) is 4.92 Å². The quantitative estimate of drug-likeness (QED) is 0.647. The molecule has 1 aliphatic carbocycles. The summed E-state index contributed by atoms with van der Waals surface area (Å²) in [5.74, 6) is -0.117. The molecular formula is C14H19N3O3. The Hall–Kier alpha value is -1.95. The van der Waals surface area contributed by atoms with Crippen LogP contribution in [0.25, 0.3) is 0 Å². The van der Waals surface area contributed by atoms with Crippen molar-refractivity contribution < 1.29 is 9.72 Å². The van der Waals surface area contributed by atoms with Crippen LogP contribution in [0.5, 0.6) is 0 Å². The number of nitrogens with one attached hydrogen (secondary N) is 1. The zero-order valence-electron chi connectivity index (χ0n) is 11.5. The smallest absolute Gasteiger partial charge is 0.282 e. The lowest BCUT2D eigenvalue weighted by Crippen LogP contribution is -2.40. The number of nitro benzene ring substituents is 1. The number of hydrogen-bond donors (Lipinski definition) is 2. The Bertz CT molecular complexity index is 530. The minimum Gasteiger partial charge on any atom is -0.349 e. The summed E-state index contributed by atoms with van der Waals surface area (Å²) in [6, 6.07) is 4.58. The predicted octanol–water partition coefficient (Wildman–Crippen LogP) is 1.76. The molecule has 2 rings (SSSR count). The fraction of sp³-hybridized carbons (Fsp3) is 0.500. The number of benzene rings is 1. The van der Waals surface area contributed by atoms with Gasteiger partial charge in [-0.3, -0.25) is 14.9 Å². The van der Waals surface area contributed by atoms with Crippen LogP contribution in [0.1, 0.15) is 35.2 Å². The molecule has 0 bridgehead atoms. The molecule has 2 atom stereocenters. The lowest BCUT2D eigenvalue weighted by molar-refractivity contribution is -0.385. The summed E-state index contributed by atoms with van der Waals surface area (Å²) >= 11 is 0. The minimum absolute atomic E-state index is 0.0209. The van der Waals surface area contributed by atoms with Gasteiger partial charge in [0, 0.05) is 12.1 Å². The van der Waals surface area contributed by atoms with E-state index in [2.05, 4.69) is 5.32 Å². The Labute approximate surface area is 117 Å². The highest BCUT2D eigenvalue weighted by Crippen LogP contribution is 2.26. The van der Waals surface area contributed by atoms with E-state index in [4.69, 9.17) is 5.73 Å². The van der Waals surface area contributed by atoms with Crippen molar-refractivity contribution in [1.82, 2.24) is 5.32 Å². The Morgan fingerprint density at radius 1 is 1.50 bits per heavy atom. The third-order valence-corrected chi connectivity index (χ3v) is 3.87. The van der Waals surface area contributed by atoms with Gasteiger partial charge in [-0.05, 0) is 43.9 Å². The third kappa shape index (κ3) is 2.96. The van der Waals surface area contributed by atoms with Crippen LogP contribution in [-0.4, -0.2) is 23.4 Å². The van der Waals surface area contributed by atoms with E-state index < -0.39 is 4.92 Å². The molecule has 0 aromatic heterocycles. The van der Waals surface area contributed by atoms with E-state index in [1.54, 1.807) is 19.1 Å². The minimum atomic E-state index is -0.524. The first-order valence-corrected chi connectivity index (χ1v) is 6.79. The van der Waals surface area contributed by atoms with Gasteiger partial charge in [-0.25, -0.2) is 0 Å². The molecule has 0 aliphatic heterocycles. The Morgan fingerprint density at radius 2 is 2.25 bits per heavy atom. The monoisotopic (exact) mass is 277 g/mol. The molecule has 0 heterocycles. The van der Waals surface area contributed by atoms with Crippen LogP contribution in [0, 0.1) is 23.0 Å². The summed E-state index contributed by atoms with van der Waals surface area (Å²) in [6.07, 6.45) is 2.91. The van der Waals surface area contributed by atoms with Crippen molar-refractivity contribution in [2.45, 2.75) is 32.2 Å². The first-order valence-electron chi connectivity index (χ1n) is 6.79. The van der Waals surface area contributed by atoms with Gasteiger partial charge in [-0.1, -0.05) is 12.5 Å². The molecule has 1 amide bonds. The molecule has 6 nitrogen and oxygen atoms in total. The zero-order chi connectivity index (χ0) is 14.7. The fourth-order valence-electron chi connectivity index (χ4n) is 2.75. The SMILES string of the molecule is Cc1ccc([N+](=O)[O-])c(C(=O)NC2CCCC2CN)c1. The number of nitrogens with zero attached hydrogens (tertiary/aromatic N) is 1. The molecule has 0 radical (unpaired) electrons. The van der Waals surface area contributed by atoms with Gasteiger partial charge in [0.15, 0.2) is 0 Å². The van der Waals surface area contributed by atoms with E-state index >= 15 is 0 Å². The number of amides is 1. The predicted molar refractivity (Wildman–Crippen MR) is 75.5 cm³/mol. The number of hydrogen-bond acceptors (Lipinski definition) is 4. The molecule has 1 aromatic carbocycles. The van der Waals surface area contributed by atoms with Gasteiger partial charge >= 0.3 is 0 Å². The highest BCUT2D eigenvalue weighted by Gasteiger charge is 2.29. The number of carbonyl (C=O) groups is 1. The van der Waals surface area contributed by atoms with Crippen LogP contribution in [0.2, 0.25) is 0 Å². The van der Waals surface area contributed by atoms with Gasteiger partial charge in [-0.2, -0.15) is 0 Å². The van der Waals surface area contributed by atoms with Crippen molar-refractivity contribution in [3.8, 4) is 0 Å². The molecule has 1 saturated carbocycles. The van der Waals surface area contributed by atoms with Crippen molar-refractivity contribution in [2.75, 3.05) is 6.54 Å². The molecule has 0 spiro atoms. The van der Waals surface area contributed by atoms with Crippen LogP contribution in [0.4, 0.5) is 5.69 Å². The number of rotatable bonds is 4. The third-order valence-electron chi connectivity index (χ3n) is 3.87. The first-order chi connectivity index (χ1) is 9.52. The average molecular weight is 277 g/mol. The highest BCUT2D eigenvalue weighted by molar-refractivity contribution is 5.98. The molecule has 1 aromatic rings. The van der Waals surface area contributed by atoms with Crippen LogP contribution in [0.3, 0.4) is 0 Å². The summed E-state index contributed by atoms with van der Waals surface area (Å²) in [6.45, 7) is 2.33. The number of nitro groups is 1. The van der Waals surface area contributed by atoms with Crippen molar-refractivity contribution in [1.29, 1.82) is 0 Å². The molecule has 6 heteroatoms. The van der Waals surface area contributed by atoms with Gasteiger partial charge < -0.3 is 11.1 Å². The Kier molecular flexibility index (Phi) is 4.34. The second kappa shape index (κ2) is 6.00. The normalized spacial score (nSPS) is 21.7. The molecule has 0 saturated heterocycles. The fourth-order valence-corrected chi connectivity index (χ4v) is 2.75. The standard InChI is InChI=1S/C14H19N3O3/c1-9-5-6-13(17(19)20)11(7-9)14(18)16-12-4-2-3-10(12)8-15/h5-7,10,12H,2-4,8,15H2,1H3,(H,16,18). The molecule has 20 heavy (non-hydrogen) atoms. The number of nitrogens with two attached hydrogens (primary N) is 1. The molecule has 1 aliphatic rings. The second-order valence-electron chi connectivity index (χ2n) is 5.28. The van der Waals surface area contributed by atoms with Gasteiger partial charge in [0.1, 0.15) is 5.56 Å². The Balaban J connectivity index is 2.20. The zero-order valence-corrected chi connectivity index (χ0v) is 11.5. The lowest BCUT2D eigenvalue weighted by Gasteiger charge is -2.19. The van der Waals surface area contributed by atoms with E-state index in [0.29, 0.717) is 6.54 Å². The topological polar surface area (TPSA) is 98.3 Å². The van der Waals surface area contributed by atoms with Crippen molar-refractivity contribution in [3.63, 3.8) is 0 Å². The number of carbonyl (C=O) groups excluding carboxylic acids is 1. The van der Waals surface area contributed by atoms with Gasteiger partial charge in [-0.15, -0.1) is 0 Å². The van der Waals surface area contributed by atoms with E-state index in [-0.39, 0.29) is 29.1 Å². The summed E-state index contributed by atoms with van der Waals surface area (Å²) in [5, 5.41) is 13.9. The molecule has 108 valence electrons. The lowest BCUT2D eigenvalue weighted by atomic mass is 10.0. The maximum Gasteiger partial charge on any atom is 0.282 e. The summed E-state index contributed by atoms with van der Waals surface area (Å²) < 4.78 is 0. The maximum absolute atomic E-state index is 12.3. The van der Waals surface area contributed by atoms with Gasteiger partial charge in [0.2, 0.25) is 0 Å². The highest BCUT2D eigenvalue weighted by atomic mass is 16.6. The van der Waals surface area contributed by atoms with Crippen molar-refractivity contribution in [2.24, 2.45) is 11.7 Å². The largest absolute Gasteiger partial charge is 0.349 e. The van der Waals surface area contributed by atoms with Crippen molar-refractivity contribution >= 4 is 11.6 Å². The summed E-state index contributed by atoms with van der Waals surface area (Å²) in [5.41, 5.74) is 6.47. The molecule has 1 fully saturated rings. The van der Waals surface area contributed by atoms with E-state index in [1.807, 2.05) is 0 Å². The Morgan fingerprint density at radius 3 is 2.90 bits per heavy atom. The van der Waals surface area contributed by atoms with Crippen LogP contribution in [0.15, 0.2) is 18.2 Å². The summed E-state index contributed by atoms with van der Waals surface area (Å²) in [7, 11) is 0. The first kappa shape index (κ1) is 14.5. The van der Waals surface area contributed by atoms with Crippen LogP contribution < -0.4 is 11.1 Å². The van der Waals surface area contributed by atoms with E-state index in [1.165, 1.54) is 6.07 Å². The average Bonchev–Trinajstić information content (AvgIpc) is 2.85. The van der Waals surface area contributed by atoms with Gasteiger partial charge in [0.25, 0.3) is 11.6 Å². The molecular weight excluding hydrogens is 258 g/mol. The maximum atomic E-state index is 12.3. The molecule has 3 N–H and O–H groups in total. The van der Waals surface area contributed by atoms with E-state index in [9.17, 15) is 14.9 Å². The van der Waals surface area contributed by atoms with E-state index in [0.717, 1.165) is 24.8 Å². The number of aryl methyl sites for hydroxylation is 1. The second-order valence-corrected chi connectivity index (χ2v) is 5.28. The summed E-state index contributed by atoms with van der Waals surface area (Å²) in [4.78, 5) is 22.8. The molecule has 2 unspecified atom stereocenters. The van der Waals surface area contributed by atoms with Crippen molar-refractivity contribution in [3.05, 3.63) is 39.4 Å².